The van der Waals surface area contributed by atoms with Gasteiger partial charge in [0.15, 0.2) is 0 Å². The molecule has 4 rings (SSSR count). The minimum absolute atomic E-state index is 0.502. The molecule has 3 aromatic rings. The summed E-state index contributed by atoms with van der Waals surface area (Å²) in [4.78, 5) is 12.8. The number of halogens is 1. The molecule has 0 radical (unpaired) electrons. The van der Waals surface area contributed by atoms with E-state index in [1.165, 1.54) is 12.8 Å². The number of fused-ring (bicyclic) bond motifs is 1. The van der Waals surface area contributed by atoms with Crippen LogP contribution < -0.4 is 5.32 Å². The third kappa shape index (κ3) is 5.97. The number of hydrogen-bond acceptors (Lipinski definition) is 5. The molecule has 0 spiro atoms. The molecule has 1 aromatic carbocycles. The SMILES string of the molecule is CC(C)(O)CNc1ccnc2cc(Br)ccc12.Cc1ccnc(C2CC2)n1. The second kappa shape index (κ2) is 8.31. The maximum Gasteiger partial charge on any atom is 0.131 e. The van der Waals surface area contributed by atoms with Crippen LogP contribution in [0, 0.1) is 6.92 Å². The predicted octanol–water partition coefficient (Wildman–Crippen LogP) is 4.84. The molecule has 1 saturated carbocycles. The van der Waals surface area contributed by atoms with Crippen LogP contribution in [0.25, 0.3) is 10.9 Å². The summed E-state index contributed by atoms with van der Waals surface area (Å²) in [7, 11) is 0. The van der Waals surface area contributed by atoms with Crippen LogP contribution in [0.4, 0.5) is 5.69 Å². The number of aryl methyl sites for hydroxylation is 1. The van der Waals surface area contributed by atoms with Crippen LogP contribution in [0.2, 0.25) is 0 Å². The number of hydrogen-bond donors (Lipinski definition) is 2. The fourth-order valence-corrected chi connectivity index (χ4v) is 2.94. The van der Waals surface area contributed by atoms with Crippen LogP contribution in [0.15, 0.2) is 47.2 Å². The molecule has 0 bridgehead atoms. The van der Waals surface area contributed by atoms with Crippen molar-refractivity contribution in [1.82, 2.24) is 15.0 Å². The average Bonchev–Trinajstić information content (AvgIpc) is 3.44. The van der Waals surface area contributed by atoms with Gasteiger partial charge in [-0.2, -0.15) is 0 Å². The van der Waals surface area contributed by atoms with E-state index in [1.54, 1.807) is 20.0 Å². The smallest absolute Gasteiger partial charge is 0.131 e. The minimum atomic E-state index is -0.731. The fourth-order valence-electron chi connectivity index (χ4n) is 2.59. The Morgan fingerprint density at radius 1 is 1.15 bits per heavy atom. The first-order chi connectivity index (χ1) is 12.8. The molecule has 2 N–H and O–H groups in total. The lowest BCUT2D eigenvalue weighted by Crippen LogP contribution is -2.29. The van der Waals surface area contributed by atoms with Gasteiger partial charge in [0.1, 0.15) is 5.82 Å². The van der Waals surface area contributed by atoms with Crippen molar-refractivity contribution in [3.8, 4) is 0 Å². The van der Waals surface area contributed by atoms with Crippen LogP contribution in [0.3, 0.4) is 0 Å². The predicted molar refractivity (Wildman–Crippen MR) is 113 cm³/mol. The molecule has 0 atom stereocenters. The zero-order valence-corrected chi connectivity index (χ0v) is 17.5. The number of rotatable bonds is 4. The molecule has 0 unspecified atom stereocenters. The Balaban J connectivity index is 0.000000177. The zero-order chi connectivity index (χ0) is 19.4. The van der Waals surface area contributed by atoms with Gasteiger partial charge in [0.2, 0.25) is 0 Å². The first-order valence-electron chi connectivity index (χ1n) is 9.12. The van der Waals surface area contributed by atoms with Gasteiger partial charge in [-0.15, -0.1) is 0 Å². The average molecular weight is 429 g/mol. The van der Waals surface area contributed by atoms with Crippen LogP contribution in [0.1, 0.15) is 44.1 Å². The van der Waals surface area contributed by atoms with Crippen LogP contribution in [-0.4, -0.2) is 32.2 Å². The van der Waals surface area contributed by atoms with Crippen LogP contribution in [-0.2, 0) is 0 Å². The Hall–Kier alpha value is -2.05. The van der Waals surface area contributed by atoms with E-state index in [-0.39, 0.29) is 0 Å². The number of nitrogens with one attached hydrogen (secondary N) is 1. The van der Waals surface area contributed by atoms with Crippen molar-refractivity contribution < 1.29 is 5.11 Å². The number of anilines is 1. The van der Waals surface area contributed by atoms with Gasteiger partial charge in [0.25, 0.3) is 0 Å². The molecule has 0 amide bonds. The van der Waals surface area contributed by atoms with Gasteiger partial charge >= 0.3 is 0 Å². The summed E-state index contributed by atoms with van der Waals surface area (Å²) in [6.07, 6.45) is 6.17. The molecule has 6 heteroatoms. The van der Waals surface area contributed by atoms with E-state index in [4.69, 9.17) is 0 Å². The molecule has 0 saturated heterocycles. The summed E-state index contributed by atoms with van der Waals surface area (Å²) in [5.74, 6) is 1.72. The van der Waals surface area contributed by atoms with Gasteiger partial charge in [-0.25, -0.2) is 9.97 Å². The van der Waals surface area contributed by atoms with Gasteiger partial charge in [-0.1, -0.05) is 15.9 Å². The van der Waals surface area contributed by atoms with Gasteiger partial charge in [0.05, 0.1) is 11.1 Å². The second-order valence-electron chi connectivity index (χ2n) is 7.52. The Morgan fingerprint density at radius 3 is 2.56 bits per heavy atom. The molecular formula is C21H25BrN4O. The molecule has 1 fully saturated rings. The van der Waals surface area contributed by atoms with Gasteiger partial charge < -0.3 is 10.4 Å². The van der Waals surface area contributed by atoms with E-state index in [1.807, 2.05) is 43.5 Å². The van der Waals surface area contributed by atoms with Crippen molar-refractivity contribution in [2.24, 2.45) is 0 Å². The van der Waals surface area contributed by atoms with Crippen LogP contribution >= 0.6 is 15.9 Å². The summed E-state index contributed by atoms with van der Waals surface area (Å²) in [6.45, 7) is 6.07. The summed E-state index contributed by atoms with van der Waals surface area (Å²) in [5, 5.41) is 14.0. The first kappa shape index (κ1) is 19.7. The minimum Gasteiger partial charge on any atom is -0.389 e. The van der Waals surface area contributed by atoms with Crippen molar-refractivity contribution in [3.63, 3.8) is 0 Å². The first-order valence-corrected chi connectivity index (χ1v) is 9.91. The Bertz CT molecular complexity index is 919. The van der Waals surface area contributed by atoms with Crippen molar-refractivity contribution >= 4 is 32.5 Å². The van der Waals surface area contributed by atoms with Crippen molar-refractivity contribution in [2.45, 2.75) is 45.1 Å². The summed E-state index contributed by atoms with van der Waals surface area (Å²) < 4.78 is 1.01. The number of benzene rings is 1. The lowest BCUT2D eigenvalue weighted by Gasteiger charge is -2.19. The highest BCUT2D eigenvalue weighted by atomic mass is 79.9. The monoisotopic (exact) mass is 428 g/mol. The van der Waals surface area contributed by atoms with E-state index < -0.39 is 5.60 Å². The number of pyridine rings is 1. The summed E-state index contributed by atoms with van der Waals surface area (Å²) in [5.41, 5.74) is 2.27. The lowest BCUT2D eigenvalue weighted by molar-refractivity contribution is 0.0945. The molecule has 5 nitrogen and oxygen atoms in total. The van der Waals surface area contributed by atoms with E-state index >= 15 is 0 Å². The zero-order valence-electron chi connectivity index (χ0n) is 15.9. The Labute approximate surface area is 168 Å². The largest absolute Gasteiger partial charge is 0.389 e. The summed E-state index contributed by atoms with van der Waals surface area (Å²) in [6, 6.07) is 9.83. The highest BCUT2D eigenvalue weighted by Gasteiger charge is 2.26. The molecular weight excluding hydrogens is 404 g/mol. The molecule has 0 aliphatic heterocycles. The molecule has 2 aromatic heterocycles. The molecule has 27 heavy (non-hydrogen) atoms. The quantitative estimate of drug-likeness (QED) is 0.621. The third-order valence-corrected chi connectivity index (χ3v) is 4.67. The lowest BCUT2D eigenvalue weighted by atomic mass is 10.1. The van der Waals surface area contributed by atoms with E-state index in [9.17, 15) is 5.11 Å². The van der Waals surface area contributed by atoms with Gasteiger partial charge in [-0.3, -0.25) is 4.98 Å². The summed E-state index contributed by atoms with van der Waals surface area (Å²) >= 11 is 3.43. The highest BCUT2D eigenvalue weighted by molar-refractivity contribution is 9.10. The third-order valence-electron chi connectivity index (χ3n) is 4.17. The maximum absolute atomic E-state index is 9.71. The standard InChI is InChI=1S/C13H15BrN2O.C8H10N2/c1-13(2,17)8-16-11-5-6-15-12-7-9(14)3-4-10(11)12;1-6-4-5-9-8(10-6)7-2-3-7/h3-7,17H,8H2,1-2H3,(H,15,16);4-5,7H,2-3H2,1H3. The number of nitrogens with zero attached hydrogens (tertiary/aromatic N) is 3. The normalized spacial score (nSPS) is 13.8. The van der Waals surface area contributed by atoms with Crippen LogP contribution in [0.5, 0.6) is 0 Å². The molecule has 142 valence electrons. The van der Waals surface area contributed by atoms with Gasteiger partial charge in [-0.05, 0) is 63.9 Å². The van der Waals surface area contributed by atoms with Gasteiger partial charge in [0, 0.05) is 46.1 Å². The van der Waals surface area contributed by atoms with Crippen molar-refractivity contribution in [1.29, 1.82) is 0 Å². The highest BCUT2D eigenvalue weighted by Crippen LogP contribution is 2.37. The second-order valence-corrected chi connectivity index (χ2v) is 8.43. The number of aliphatic hydroxyl groups is 1. The van der Waals surface area contributed by atoms with E-state index in [0.29, 0.717) is 12.5 Å². The fraction of sp³-hybridized carbons (Fsp3) is 0.381. The van der Waals surface area contributed by atoms with E-state index in [0.717, 1.165) is 32.6 Å². The maximum atomic E-state index is 9.71. The van der Waals surface area contributed by atoms with Crippen molar-refractivity contribution in [2.75, 3.05) is 11.9 Å². The van der Waals surface area contributed by atoms with E-state index in [2.05, 4.69) is 36.2 Å². The molecule has 2 heterocycles. The Kier molecular flexibility index (Phi) is 6.07. The molecule has 1 aliphatic carbocycles. The van der Waals surface area contributed by atoms with Crippen molar-refractivity contribution in [3.05, 3.63) is 58.7 Å². The molecule has 1 aliphatic rings. The topological polar surface area (TPSA) is 70.9 Å². The Morgan fingerprint density at radius 2 is 1.89 bits per heavy atom. The number of aromatic nitrogens is 3.